The van der Waals surface area contributed by atoms with Crippen molar-refractivity contribution in [1.29, 1.82) is 0 Å². The fraction of sp³-hybridized carbons (Fsp3) is 0.647. The van der Waals surface area contributed by atoms with Crippen molar-refractivity contribution in [2.45, 2.75) is 70.5 Å². The highest BCUT2D eigenvalue weighted by molar-refractivity contribution is 7.89. The maximum absolute atomic E-state index is 12.5. The Morgan fingerprint density at radius 3 is 2.21 bits per heavy atom. The number of hydrogen-bond donors (Lipinski definition) is 1. The number of sulfonamides is 1. The topological polar surface area (TPSA) is 64.6 Å². The molecule has 1 aliphatic rings. The number of hydrogen-bond acceptors (Lipinski definition) is 4. The van der Waals surface area contributed by atoms with Crippen molar-refractivity contribution in [2.24, 2.45) is 0 Å². The van der Waals surface area contributed by atoms with Gasteiger partial charge in [0.2, 0.25) is 10.0 Å². The van der Waals surface area contributed by atoms with Gasteiger partial charge in [0.25, 0.3) is 0 Å². The highest BCUT2D eigenvalue weighted by Gasteiger charge is 2.51. The predicted octanol–water partition coefficient (Wildman–Crippen LogP) is 2.37. The van der Waals surface area contributed by atoms with Gasteiger partial charge in [0, 0.05) is 6.54 Å². The van der Waals surface area contributed by atoms with Crippen LogP contribution in [0.3, 0.4) is 0 Å². The minimum Gasteiger partial charge on any atom is -0.399 e. The Balaban J connectivity index is 2.30. The molecule has 0 atom stereocenters. The van der Waals surface area contributed by atoms with Crippen LogP contribution < -0.4 is 10.2 Å². The molecule has 134 valence electrons. The monoisotopic (exact) mass is 353 g/mol. The lowest BCUT2D eigenvalue weighted by Crippen LogP contribution is -2.41. The summed E-state index contributed by atoms with van der Waals surface area (Å²) in [5.74, 6) is 0. The zero-order valence-corrected chi connectivity index (χ0v) is 16.3. The molecule has 5 nitrogen and oxygen atoms in total. The first-order valence-corrected chi connectivity index (χ1v) is 9.94. The minimum atomic E-state index is -3.53. The van der Waals surface area contributed by atoms with Gasteiger partial charge >= 0.3 is 7.12 Å². The van der Waals surface area contributed by atoms with Crippen LogP contribution in [0.1, 0.15) is 53.0 Å². The summed E-state index contributed by atoms with van der Waals surface area (Å²) < 4.78 is 39.7. The smallest absolute Gasteiger partial charge is 0.399 e. The van der Waals surface area contributed by atoms with Gasteiger partial charge in [-0.2, -0.15) is 0 Å². The zero-order chi connectivity index (χ0) is 18.2. The SMILES string of the molecule is CCCCNS(=O)(=O)c1cc(C)cc(B2OC(C)(C)C(C)(C)O2)c1. The average Bonchev–Trinajstić information content (AvgIpc) is 2.67. The predicted molar refractivity (Wildman–Crippen MR) is 97.0 cm³/mol. The molecule has 1 heterocycles. The molecule has 0 unspecified atom stereocenters. The van der Waals surface area contributed by atoms with E-state index in [1.165, 1.54) is 0 Å². The van der Waals surface area contributed by atoms with Gasteiger partial charge < -0.3 is 9.31 Å². The van der Waals surface area contributed by atoms with E-state index in [2.05, 4.69) is 4.72 Å². The van der Waals surface area contributed by atoms with Gasteiger partial charge in [0.1, 0.15) is 0 Å². The summed E-state index contributed by atoms with van der Waals surface area (Å²) in [6, 6.07) is 5.22. The van der Waals surface area contributed by atoms with E-state index in [1.807, 2.05) is 47.6 Å². The molecular weight excluding hydrogens is 325 g/mol. The van der Waals surface area contributed by atoms with Crippen LogP contribution in [0.25, 0.3) is 0 Å². The first kappa shape index (κ1) is 19.4. The van der Waals surface area contributed by atoms with E-state index < -0.39 is 28.3 Å². The molecule has 1 saturated heterocycles. The fourth-order valence-electron chi connectivity index (χ4n) is 2.51. The van der Waals surface area contributed by atoms with Crippen molar-refractivity contribution < 1.29 is 17.7 Å². The summed E-state index contributed by atoms with van der Waals surface area (Å²) in [4.78, 5) is 0.253. The van der Waals surface area contributed by atoms with Crippen molar-refractivity contribution in [3.63, 3.8) is 0 Å². The molecule has 24 heavy (non-hydrogen) atoms. The molecule has 0 radical (unpaired) electrons. The summed E-state index contributed by atoms with van der Waals surface area (Å²) in [5, 5.41) is 0. The van der Waals surface area contributed by atoms with Gasteiger partial charge in [-0.25, -0.2) is 13.1 Å². The van der Waals surface area contributed by atoms with Gasteiger partial charge in [0.05, 0.1) is 16.1 Å². The lowest BCUT2D eigenvalue weighted by molar-refractivity contribution is 0.00578. The second kappa shape index (κ2) is 6.79. The van der Waals surface area contributed by atoms with Crippen LogP contribution in [0.4, 0.5) is 0 Å². The van der Waals surface area contributed by atoms with Crippen molar-refractivity contribution in [3.05, 3.63) is 23.8 Å². The first-order valence-electron chi connectivity index (χ1n) is 8.45. The van der Waals surface area contributed by atoms with Crippen LogP contribution in [-0.2, 0) is 19.3 Å². The molecule has 2 rings (SSSR count). The Morgan fingerprint density at radius 2 is 1.67 bits per heavy atom. The van der Waals surface area contributed by atoms with E-state index >= 15 is 0 Å². The Morgan fingerprint density at radius 1 is 1.08 bits per heavy atom. The number of nitrogens with one attached hydrogen (secondary N) is 1. The Labute approximate surface area is 146 Å². The molecule has 0 aromatic heterocycles. The molecule has 0 saturated carbocycles. The quantitative estimate of drug-likeness (QED) is 0.630. The van der Waals surface area contributed by atoms with Crippen LogP contribution in [0, 0.1) is 6.92 Å². The van der Waals surface area contributed by atoms with Crippen LogP contribution in [-0.4, -0.2) is 33.3 Å². The molecule has 1 fully saturated rings. The summed E-state index contributed by atoms with van der Waals surface area (Å²) in [5.41, 5.74) is 0.669. The van der Waals surface area contributed by atoms with Gasteiger partial charge in [-0.1, -0.05) is 25.0 Å². The van der Waals surface area contributed by atoms with Crippen molar-refractivity contribution in [1.82, 2.24) is 4.72 Å². The van der Waals surface area contributed by atoms with E-state index in [0.29, 0.717) is 6.54 Å². The number of benzene rings is 1. The van der Waals surface area contributed by atoms with Crippen LogP contribution in [0.15, 0.2) is 23.1 Å². The summed E-state index contributed by atoms with van der Waals surface area (Å²) in [7, 11) is -4.10. The standard InChI is InChI=1S/C17H28BNO4S/c1-7-8-9-19-24(20,21)15-11-13(2)10-14(12-15)18-22-16(3,4)17(5,6)23-18/h10-12,19H,7-9H2,1-6H3. The molecule has 7 heteroatoms. The minimum absolute atomic E-state index is 0.253. The second-order valence-electron chi connectivity index (χ2n) is 7.42. The number of unbranched alkanes of at least 4 members (excludes halogenated alkanes) is 1. The van der Waals surface area contributed by atoms with Gasteiger partial charge in [0.15, 0.2) is 0 Å². The fourth-order valence-corrected chi connectivity index (χ4v) is 3.73. The Hall–Kier alpha value is -0.885. The van der Waals surface area contributed by atoms with E-state index in [4.69, 9.17) is 9.31 Å². The average molecular weight is 353 g/mol. The second-order valence-corrected chi connectivity index (χ2v) is 9.19. The molecule has 0 spiro atoms. The van der Waals surface area contributed by atoms with Crippen molar-refractivity contribution >= 4 is 22.6 Å². The molecule has 1 aromatic carbocycles. The molecule has 0 aliphatic carbocycles. The Kier molecular flexibility index (Phi) is 5.50. The third-order valence-electron chi connectivity index (χ3n) is 4.73. The molecule has 0 bridgehead atoms. The van der Waals surface area contributed by atoms with Crippen LogP contribution >= 0.6 is 0 Å². The molecular formula is C17H28BNO4S. The third kappa shape index (κ3) is 4.02. The van der Waals surface area contributed by atoms with Gasteiger partial charge in [-0.3, -0.25) is 0 Å². The van der Waals surface area contributed by atoms with Gasteiger partial charge in [-0.05, 0) is 58.6 Å². The Bertz CT molecular complexity index is 685. The van der Waals surface area contributed by atoms with Crippen molar-refractivity contribution in [2.75, 3.05) is 6.54 Å². The van der Waals surface area contributed by atoms with Crippen molar-refractivity contribution in [3.8, 4) is 0 Å². The van der Waals surface area contributed by atoms with E-state index in [1.54, 1.807) is 12.1 Å². The van der Waals surface area contributed by atoms with Crippen LogP contribution in [0.2, 0.25) is 0 Å². The highest BCUT2D eigenvalue weighted by Crippen LogP contribution is 2.36. The molecule has 0 amide bonds. The lowest BCUT2D eigenvalue weighted by Gasteiger charge is -2.32. The maximum Gasteiger partial charge on any atom is 0.494 e. The zero-order valence-electron chi connectivity index (χ0n) is 15.5. The number of aryl methyl sites for hydroxylation is 1. The maximum atomic E-state index is 12.5. The molecule has 1 N–H and O–H groups in total. The summed E-state index contributed by atoms with van der Waals surface area (Å²) >= 11 is 0. The summed E-state index contributed by atoms with van der Waals surface area (Å²) in [6.07, 6.45) is 1.75. The third-order valence-corrected chi connectivity index (χ3v) is 6.17. The van der Waals surface area contributed by atoms with E-state index in [9.17, 15) is 8.42 Å². The highest BCUT2D eigenvalue weighted by atomic mass is 32.2. The largest absolute Gasteiger partial charge is 0.494 e. The lowest BCUT2D eigenvalue weighted by atomic mass is 9.78. The van der Waals surface area contributed by atoms with E-state index in [0.717, 1.165) is 23.9 Å². The number of rotatable bonds is 6. The van der Waals surface area contributed by atoms with E-state index in [-0.39, 0.29) is 4.90 Å². The van der Waals surface area contributed by atoms with Gasteiger partial charge in [-0.15, -0.1) is 0 Å². The normalized spacial score (nSPS) is 19.7. The summed E-state index contributed by atoms with van der Waals surface area (Å²) in [6.45, 7) is 12.3. The molecule has 1 aliphatic heterocycles. The first-order chi connectivity index (χ1) is 11.0. The molecule has 1 aromatic rings. The van der Waals surface area contributed by atoms with Crippen LogP contribution in [0.5, 0.6) is 0 Å².